The Morgan fingerprint density at radius 3 is 1.64 bits per heavy atom. The van der Waals surface area contributed by atoms with Gasteiger partial charge in [-0.25, -0.2) is 0 Å². The van der Waals surface area contributed by atoms with E-state index in [2.05, 4.69) is 219 Å². The van der Waals surface area contributed by atoms with Crippen molar-refractivity contribution in [2.45, 2.75) is 19.3 Å². The number of rotatable bonds is 6. The normalized spacial score (nSPS) is 13.2. The Morgan fingerprint density at radius 2 is 0.925 bits per heavy atom. The van der Waals surface area contributed by atoms with Crippen molar-refractivity contribution in [3.05, 3.63) is 211 Å². The van der Waals surface area contributed by atoms with Gasteiger partial charge in [-0.3, -0.25) is 0 Å². The maximum absolute atomic E-state index is 2.81. The van der Waals surface area contributed by atoms with Gasteiger partial charge in [-0.2, -0.15) is 0 Å². The summed E-state index contributed by atoms with van der Waals surface area (Å²) in [6.45, 7) is 4.72. The molecule has 0 fully saturated rings. The second kappa shape index (κ2) is 12.2. The van der Waals surface area contributed by atoms with E-state index in [9.17, 15) is 0 Å². The molecule has 0 unspecified atom stereocenters. The number of fused-ring (bicyclic) bond motifs is 6. The average molecular weight is 694 g/mol. The van der Waals surface area contributed by atoms with Crippen LogP contribution in [-0.2, 0) is 5.41 Å². The molecule has 53 heavy (non-hydrogen) atoms. The lowest BCUT2D eigenvalue weighted by molar-refractivity contribution is 0.660. The fourth-order valence-corrected chi connectivity index (χ4v) is 14.1. The fraction of sp³-hybridized carbons (Fsp3) is 0.0588. The van der Waals surface area contributed by atoms with Crippen LogP contribution in [0.3, 0.4) is 0 Å². The highest BCUT2D eigenvalue weighted by Gasteiger charge is 2.42. The van der Waals surface area contributed by atoms with Crippen molar-refractivity contribution in [3.8, 4) is 27.9 Å². The van der Waals surface area contributed by atoms with E-state index in [4.69, 9.17) is 0 Å². The van der Waals surface area contributed by atoms with Crippen LogP contribution in [0.15, 0.2) is 200 Å². The summed E-state index contributed by atoms with van der Waals surface area (Å²) in [6, 6.07) is 74.9. The molecule has 8 aromatic carbocycles. The third kappa shape index (κ3) is 4.69. The Morgan fingerprint density at radius 1 is 0.396 bits per heavy atom. The average Bonchev–Trinajstić information content (AvgIpc) is 3.68. The molecule has 1 nitrogen and oxygen atoms in total. The maximum Gasteiger partial charge on any atom is 0.179 e. The molecular weight excluding hydrogens is 655 g/mol. The molecule has 2 heteroatoms. The molecule has 0 saturated carbocycles. The van der Waals surface area contributed by atoms with Crippen molar-refractivity contribution in [3.63, 3.8) is 0 Å². The summed E-state index contributed by atoms with van der Waals surface area (Å²) < 4.78 is 2.41. The van der Waals surface area contributed by atoms with Gasteiger partial charge in [0.15, 0.2) is 8.07 Å². The van der Waals surface area contributed by atoms with Gasteiger partial charge in [-0.05, 0) is 78.4 Å². The Balaban J connectivity index is 1.22. The molecule has 0 amide bonds. The molecule has 1 aromatic heterocycles. The number of hydrogen-bond acceptors (Lipinski definition) is 0. The molecular formula is C51H39NSi. The summed E-state index contributed by atoms with van der Waals surface area (Å²) in [6.07, 6.45) is 0. The predicted octanol–water partition coefficient (Wildman–Crippen LogP) is 10.1. The third-order valence-corrected chi connectivity index (χ3v) is 16.5. The van der Waals surface area contributed by atoms with E-state index in [0.717, 1.165) is 0 Å². The van der Waals surface area contributed by atoms with Crippen LogP contribution in [0.5, 0.6) is 0 Å². The molecule has 0 radical (unpaired) electrons. The lowest BCUT2D eigenvalue weighted by atomic mass is 9.82. The topological polar surface area (TPSA) is 4.93 Å². The quantitative estimate of drug-likeness (QED) is 0.121. The van der Waals surface area contributed by atoms with Crippen LogP contribution < -0.4 is 20.7 Å². The molecule has 0 atom stereocenters. The zero-order chi connectivity index (χ0) is 35.6. The predicted molar refractivity (Wildman–Crippen MR) is 227 cm³/mol. The van der Waals surface area contributed by atoms with Gasteiger partial charge in [-0.1, -0.05) is 190 Å². The molecule has 1 heterocycles. The summed E-state index contributed by atoms with van der Waals surface area (Å²) in [4.78, 5) is 0. The van der Waals surface area contributed by atoms with E-state index in [1.165, 1.54) is 81.6 Å². The van der Waals surface area contributed by atoms with E-state index in [0.29, 0.717) is 0 Å². The fourth-order valence-electron chi connectivity index (χ4n) is 9.33. The first-order valence-corrected chi connectivity index (χ1v) is 20.6. The minimum atomic E-state index is -2.81. The number of benzene rings is 8. The molecule has 0 aliphatic heterocycles. The number of nitrogens with zero attached hydrogens (tertiary/aromatic N) is 1. The summed E-state index contributed by atoms with van der Waals surface area (Å²) in [7, 11) is -2.81. The molecule has 1 aliphatic rings. The van der Waals surface area contributed by atoms with Gasteiger partial charge in [0.25, 0.3) is 0 Å². The minimum Gasteiger partial charge on any atom is -0.309 e. The van der Waals surface area contributed by atoms with Crippen molar-refractivity contribution in [2.75, 3.05) is 0 Å². The smallest absolute Gasteiger partial charge is 0.179 e. The standard InChI is InChI=1S/C51H39NSi/c1-51(2)46-26-14-12-24-44(46)50-42(25-16-27-47(50)51)36-29-31-40(32-30-36)53(38-19-8-4-9-20-38,39-21-10-5-11-22-39)41-33-34-49-45(35-41)43-23-13-15-28-48(43)52(49)37-17-6-3-7-18-37/h3-35H,1-2H3. The zero-order valence-electron chi connectivity index (χ0n) is 30.0. The van der Waals surface area contributed by atoms with Crippen LogP contribution >= 0.6 is 0 Å². The van der Waals surface area contributed by atoms with Gasteiger partial charge in [-0.15, -0.1) is 0 Å². The molecule has 1 aliphatic carbocycles. The Labute approximate surface area is 312 Å². The first kappa shape index (κ1) is 31.5. The molecule has 0 spiro atoms. The van der Waals surface area contributed by atoms with Crippen molar-refractivity contribution in [1.29, 1.82) is 0 Å². The highest BCUT2D eigenvalue weighted by atomic mass is 28.3. The molecule has 252 valence electrons. The van der Waals surface area contributed by atoms with E-state index in [1.54, 1.807) is 0 Å². The third-order valence-electron chi connectivity index (χ3n) is 11.8. The Bertz CT molecular complexity index is 2740. The van der Waals surface area contributed by atoms with Gasteiger partial charge in [0.2, 0.25) is 0 Å². The molecule has 10 rings (SSSR count). The van der Waals surface area contributed by atoms with Crippen LogP contribution in [0.1, 0.15) is 25.0 Å². The second-order valence-electron chi connectivity index (χ2n) is 14.9. The summed E-state index contributed by atoms with van der Waals surface area (Å²) in [5, 5.41) is 8.06. The van der Waals surface area contributed by atoms with Crippen molar-refractivity contribution in [1.82, 2.24) is 4.57 Å². The highest BCUT2D eigenvalue weighted by Crippen LogP contribution is 2.51. The Hall–Kier alpha value is -6.22. The van der Waals surface area contributed by atoms with Crippen LogP contribution in [-0.4, -0.2) is 12.6 Å². The summed E-state index contributed by atoms with van der Waals surface area (Å²) in [5.74, 6) is 0. The van der Waals surface area contributed by atoms with E-state index in [-0.39, 0.29) is 5.41 Å². The van der Waals surface area contributed by atoms with Crippen molar-refractivity contribution in [2.24, 2.45) is 0 Å². The van der Waals surface area contributed by atoms with Crippen LogP contribution in [0.25, 0.3) is 49.7 Å². The highest BCUT2D eigenvalue weighted by molar-refractivity contribution is 7.20. The zero-order valence-corrected chi connectivity index (χ0v) is 31.0. The lowest BCUT2D eigenvalue weighted by Gasteiger charge is -2.34. The van der Waals surface area contributed by atoms with Gasteiger partial charge in [0, 0.05) is 21.9 Å². The van der Waals surface area contributed by atoms with E-state index >= 15 is 0 Å². The minimum absolute atomic E-state index is 0.0349. The lowest BCUT2D eigenvalue weighted by Crippen LogP contribution is -2.74. The van der Waals surface area contributed by atoms with Crippen molar-refractivity contribution < 1.29 is 0 Å². The monoisotopic (exact) mass is 693 g/mol. The summed E-state index contributed by atoms with van der Waals surface area (Å²) >= 11 is 0. The first-order chi connectivity index (χ1) is 26.1. The van der Waals surface area contributed by atoms with Gasteiger partial charge >= 0.3 is 0 Å². The van der Waals surface area contributed by atoms with Gasteiger partial charge in [0.1, 0.15) is 0 Å². The van der Waals surface area contributed by atoms with Crippen LogP contribution in [0.4, 0.5) is 0 Å². The van der Waals surface area contributed by atoms with Gasteiger partial charge < -0.3 is 4.57 Å². The van der Waals surface area contributed by atoms with Crippen LogP contribution in [0, 0.1) is 0 Å². The van der Waals surface area contributed by atoms with Crippen LogP contribution in [0.2, 0.25) is 0 Å². The van der Waals surface area contributed by atoms with Gasteiger partial charge in [0.05, 0.1) is 11.0 Å². The second-order valence-corrected chi connectivity index (χ2v) is 18.7. The Kier molecular flexibility index (Phi) is 7.25. The number of hydrogen-bond donors (Lipinski definition) is 0. The summed E-state index contributed by atoms with van der Waals surface area (Å²) in [5.41, 5.74) is 11.7. The maximum atomic E-state index is 2.51. The SMILES string of the molecule is CC1(C)c2ccccc2-c2c(-c3ccc([Si](c4ccccc4)(c4ccccc4)c4ccc5c(c4)c4ccccc4n5-c4ccccc4)cc3)cccc21. The number of aromatic nitrogens is 1. The largest absolute Gasteiger partial charge is 0.309 e. The molecule has 0 N–H and O–H groups in total. The van der Waals surface area contributed by atoms with Crippen molar-refractivity contribution >= 4 is 50.6 Å². The number of para-hydroxylation sites is 2. The first-order valence-electron chi connectivity index (χ1n) is 18.6. The molecule has 9 aromatic rings. The van der Waals surface area contributed by atoms with E-state index < -0.39 is 8.07 Å². The molecule has 0 saturated heterocycles. The van der Waals surface area contributed by atoms with E-state index in [1.807, 2.05) is 0 Å². The molecule has 0 bridgehead atoms.